The van der Waals surface area contributed by atoms with Crippen LogP contribution in [0.25, 0.3) is 0 Å². The summed E-state index contributed by atoms with van der Waals surface area (Å²) >= 11 is 0. The van der Waals surface area contributed by atoms with E-state index in [-0.39, 0.29) is 0 Å². The van der Waals surface area contributed by atoms with Crippen LogP contribution in [0, 0.1) is 0 Å². The maximum Gasteiger partial charge on any atom is 0.231 e. The molecule has 0 amide bonds. The summed E-state index contributed by atoms with van der Waals surface area (Å²) in [6, 6.07) is 6.69. The second-order valence-corrected chi connectivity index (χ2v) is 4.57. The van der Waals surface area contributed by atoms with Crippen LogP contribution in [0.4, 0.5) is 0 Å². The summed E-state index contributed by atoms with van der Waals surface area (Å²) in [5.41, 5.74) is 1.30. The molecule has 0 spiro atoms. The van der Waals surface area contributed by atoms with Gasteiger partial charge in [0.2, 0.25) is 6.79 Å². The Morgan fingerprint density at radius 1 is 1.18 bits per heavy atom. The molecule has 1 aromatic carbocycles. The quantitative estimate of drug-likeness (QED) is 0.838. The van der Waals surface area contributed by atoms with Crippen molar-refractivity contribution in [2.45, 2.75) is 13.0 Å². The topological polar surface area (TPSA) is 33.7 Å². The van der Waals surface area contributed by atoms with Crippen LogP contribution >= 0.6 is 0 Å². The van der Waals surface area contributed by atoms with Crippen LogP contribution in [-0.2, 0) is 0 Å². The molecule has 0 unspecified atom stereocenters. The predicted octanol–water partition coefficient (Wildman–Crippen LogP) is 1.38. The Morgan fingerprint density at radius 2 is 1.94 bits per heavy atom. The van der Waals surface area contributed by atoms with E-state index in [9.17, 15) is 0 Å². The minimum Gasteiger partial charge on any atom is -0.454 e. The fraction of sp³-hybridized carbons (Fsp3) is 0.538. The van der Waals surface area contributed by atoms with Crippen molar-refractivity contribution >= 4 is 0 Å². The van der Waals surface area contributed by atoms with Gasteiger partial charge in [-0.1, -0.05) is 6.07 Å². The highest BCUT2D eigenvalue weighted by molar-refractivity contribution is 5.45. The summed E-state index contributed by atoms with van der Waals surface area (Å²) in [6.45, 7) is 6.97. The molecule has 2 aliphatic heterocycles. The molecule has 1 fully saturated rings. The lowest BCUT2D eigenvalue weighted by atomic mass is 10.1. The van der Waals surface area contributed by atoms with E-state index in [2.05, 4.69) is 29.3 Å². The Bertz CT molecular complexity index is 402. The van der Waals surface area contributed by atoms with Crippen molar-refractivity contribution in [3.8, 4) is 11.5 Å². The molecule has 0 saturated carbocycles. The lowest BCUT2D eigenvalue weighted by Gasteiger charge is -2.33. The van der Waals surface area contributed by atoms with Crippen molar-refractivity contribution in [1.29, 1.82) is 0 Å². The second-order valence-electron chi connectivity index (χ2n) is 4.57. The number of fused-ring (bicyclic) bond motifs is 1. The van der Waals surface area contributed by atoms with Crippen molar-refractivity contribution in [2.24, 2.45) is 0 Å². The molecule has 1 aromatic rings. The van der Waals surface area contributed by atoms with Crippen molar-refractivity contribution in [2.75, 3.05) is 33.0 Å². The minimum atomic E-state index is 0.348. The van der Waals surface area contributed by atoms with Gasteiger partial charge < -0.3 is 14.8 Å². The van der Waals surface area contributed by atoms with Crippen LogP contribution in [0.3, 0.4) is 0 Å². The maximum atomic E-state index is 5.42. The Morgan fingerprint density at radius 3 is 2.76 bits per heavy atom. The first-order valence-corrected chi connectivity index (χ1v) is 6.19. The number of hydrogen-bond donors (Lipinski definition) is 1. The van der Waals surface area contributed by atoms with Gasteiger partial charge >= 0.3 is 0 Å². The monoisotopic (exact) mass is 234 g/mol. The molecule has 92 valence electrons. The molecule has 1 saturated heterocycles. The van der Waals surface area contributed by atoms with E-state index in [0.29, 0.717) is 12.8 Å². The average Bonchev–Trinajstić information content (AvgIpc) is 2.86. The standard InChI is InChI=1S/C13H18N2O2/c1-10(15-6-4-14-5-7-15)11-2-3-12-13(8-11)17-9-16-12/h2-3,8,10,14H,4-7,9H2,1H3/t10-/m1/s1. The van der Waals surface area contributed by atoms with E-state index >= 15 is 0 Å². The summed E-state index contributed by atoms with van der Waals surface area (Å²) in [5.74, 6) is 1.74. The van der Waals surface area contributed by atoms with Gasteiger partial charge in [0.05, 0.1) is 0 Å². The summed E-state index contributed by atoms with van der Waals surface area (Å²) in [4.78, 5) is 2.49. The third kappa shape index (κ3) is 2.10. The highest BCUT2D eigenvalue weighted by Gasteiger charge is 2.20. The summed E-state index contributed by atoms with van der Waals surface area (Å²) in [5, 5.41) is 3.38. The predicted molar refractivity (Wildman–Crippen MR) is 65.4 cm³/mol. The number of benzene rings is 1. The van der Waals surface area contributed by atoms with Gasteiger partial charge in [0.25, 0.3) is 0 Å². The van der Waals surface area contributed by atoms with E-state index in [0.717, 1.165) is 37.7 Å². The SMILES string of the molecule is C[C@H](c1ccc2c(c1)OCO2)N1CCNCC1. The summed E-state index contributed by atoms with van der Waals surface area (Å²) < 4.78 is 10.8. The smallest absolute Gasteiger partial charge is 0.231 e. The largest absolute Gasteiger partial charge is 0.454 e. The maximum absolute atomic E-state index is 5.42. The van der Waals surface area contributed by atoms with Crippen LogP contribution in [0.1, 0.15) is 18.5 Å². The van der Waals surface area contributed by atoms with Crippen LogP contribution in [0.5, 0.6) is 11.5 Å². The molecule has 0 aliphatic carbocycles. The van der Waals surface area contributed by atoms with Gasteiger partial charge in [-0.15, -0.1) is 0 Å². The van der Waals surface area contributed by atoms with Gasteiger partial charge in [-0.2, -0.15) is 0 Å². The number of nitrogens with zero attached hydrogens (tertiary/aromatic N) is 1. The van der Waals surface area contributed by atoms with Crippen LogP contribution in [-0.4, -0.2) is 37.9 Å². The molecule has 0 radical (unpaired) electrons. The van der Waals surface area contributed by atoms with Crippen molar-refractivity contribution < 1.29 is 9.47 Å². The van der Waals surface area contributed by atoms with Crippen LogP contribution < -0.4 is 14.8 Å². The van der Waals surface area contributed by atoms with Gasteiger partial charge in [-0.3, -0.25) is 4.90 Å². The molecular weight excluding hydrogens is 216 g/mol. The van der Waals surface area contributed by atoms with Gasteiger partial charge in [0, 0.05) is 32.2 Å². The minimum absolute atomic E-state index is 0.348. The Balaban J connectivity index is 1.78. The lowest BCUT2D eigenvalue weighted by molar-refractivity contribution is 0.173. The highest BCUT2D eigenvalue weighted by Crippen LogP contribution is 2.35. The molecule has 2 aliphatic rings. The number of rotatable bonds is 2. The number of piperazine rings is 1. The summed E-state index contributed by atoms with van der Waals surface area (Å²) in [7, 11) is 0. The average molecular weight is 234 g/mol. The molecule has 4 heteroatoms. The molecule has 3 rings (SSSR count). The van der Waals surface area contributed by atoms with Gasteiger partial charge in [-0.25, -0.2) is 0 Å². The first-order chi connectivity index (χ1) is 8.34. The first kappa shape index (κ1) is 10.9. The second kappa shape index (κ2) is 4.55. The highest BCUT2D eigenvalue weighted by atomic mass is 16.7. The Labute approximate surface area is 102 Å². The third-order valence-corrected chi connectivity index (χ3v) is 3.58. The molecule has 0 bridgehead atoms. The number of nitrogens with one attached hydrogen (secondary N) is 1. The van der Waals surface area contributed by atoms with E-state index in [1.165, 1.54) is 5.56 Å². The number of ether oxygens (including phenoxy) is 2. The Kier molecular flexibility index (Phi) is 2.91. The zero-order chi connectivity index (χ0) is 11.7. The summed E-state index contributed by atoms with van der Waals surface area (Å²) in [6.07, 6.45) is 0. The van der Waals surface area contributed by atoms with Crippen molar-refractivity contribution in [3.05, 3.63) is 23.8 Å². The number of hydrogen-bond acceptors (Lipinski definition) is 4. The zero-order valence-corrected chi connectivity index (χ0v) is 10.1. The third-order valence-electron chi connectivity index (χ3n) is 3.58. The van der Waals surface area contributed by atoms with Gasteiger partial charge in [-0.05, 0) is 24.6 Å². The van der Waals surface area contributed by atoms with E-state index < -0.39 is 0 Å². The fourth-order valence-corrected chi connectivity index (χ4v) is 2.45. The zero-order valence-electron chi connectivity index (χ0n) is 10.1. The molecule has 0 aromatic heterocycles. The van der Waals surface area contributed by atoms with Gasteiger partial charge in [0.1, 0.15) is 0 Å². The molecule has 4 nitrogen and oxygen atoms in total. The first-order valence-electron chi connectivity index (χ1n) is 6.19. The molecule has 1 atom stereocenters. The van der Waals surface area contributed by atoms with Crippen LogP contribution in [0.15, 0.2) is 18.2 Å². The molecular formula is C13H18N2O2. The van der Waals surface area contributed by atoms with Gasteiger partial charge in [0.15, 0.2) is 11.5 Å². The fourth-order valence-electron chi connectivity index (χ4n) is 2.45. The lowest BCUT2D eigenvalue weighted by Crippen LogP contribution is -2.44. The van der Waals surface area contributed by atoms with E-state index in [1.54, 1.807) is 0 Å². The molecule has 17 heavy (non-hydrogen) atoms. The van der Waals surface area contributed by atoms with Crippen molar-refractivity contribution in [3.63, 3.8) is 0 Å². The van der Waals surface area contributed by atoms with E-state index in [4.69, 9.17) is 9.47 Å². The van der Waals surface area contributed by atoms with Crippen molar-refractivity contribution in [1.82, 2.24) is 10.2 Å². The molecule has 2 heterocycles. The van der Waals surface area contributed by atoms with Crippen LogP contribution in [0.2, 0.25) is 0 Å². The Hall–Kier alpha value is -1.26. The van der Waals surface area contributed by atoms with E-state index in [1.807, 2.05) is 6.07 Å². The normalized spacial score (nSPS) is 21.5. The molecule has 1 N–H and O–H groups in total.